The third-order valence-electron chi connectivity index (χ3n) is 3.41. The molecule has 0 N–H and O–H groups in total. The smallest absolute Gasteiger partial charge is 0.166 e. The van der Waals surface area contributed by atoms with E-state index in [9.17, 15) is 0 Å². The van der Waals surface area contributed by atoms with Crippen LogP contribution in [0.2, 0.25) is 0 Å². The number of hydrogen-bond acceptors (Lipinski definition) is 1. The lowest BCUT2D eigenvalue weighted by Gasteiger charge is -2.43. The molecule has 0 unspecified atom stereocenters. The number of nitrogens with zero attached hydrogens (tertiary/aromatic N) is 4. The Hall–Kier alpha value is 0.110. The van der Waals surface area contributed by atoms with Gasteiger partial charge in [0.25, 0.3) is 0 Å². The Kier molecular flexibility index (Phi) is 7.82. The summed E-state index contributed by atoms with van der Waals surface area (Å²) in [6.07, 6.45) is 5.00. The standard InChI is InChI=1S/C14H35N4P/c1-10-11-12-13-14(2,3)15-19(16(4)5,17(6)7)18(8)9/h10-13H2,1-9H3. The van der Waals surface area contributed by atoms with Crippen molar-refractivity contribution in [1.82, 2.24) is 14.0 Å². The van der Waals surface area contributed by atoms with E-state index in [1.807, 2.05) is 0 Å². The van der Waals surface area contributed by atoms with Crippen LogP contribution >= 0.6 is 7.51 Å². The van der Waals surface area contributed by atoms with E-state index in [0.29, 0.717) is 0 Å². The summed E-state index contributed by atoms with van der Waals surface area (Å²) in [5.74, 6) is 0. The molecular formula is C14H35N4P. The molecule has 0 fully saturated rings. The summed E-state index contributed by atoms with van der Waals surface area (Å²) in [6.45, 7) is 6.79. The van der Waals surface area contributed by atoms with E-state index in [1.165, 1.54) is 19.3 Å². The minimum Gasteiger partial charge on any atom is -0.254 e. The summed E-state index contributed by atoms with van der Waals surface area (Å²) in [5.41, 5.74) is 0.0295. The monoisotopic (exact) mass is 290 g/mol. The summed E-state index contributed by atoms with van der Waals surface area (Å²) in [5, 5.41) is 0. The van der Waals surface area contributed by atoms with Crippen molar-refractivity contribution >= 4 is 7.51 Å². The van der Waals surface area contributed by atoms with Gasteiger partial charge in [-0.2, -0.15) is 0 Å². The van der Waals surface area contributed by atoms with E-state index < -0.39 is 7.51 Å². The molecule has 4 nitrogen and oxygen atoms in total. The molecule has 0 radical (unpaired) electrons. The predicted molar refractivity (Wildman–Crippen MR) is 88.6 cm³/mol. The molecule has 5 heteroatoms. The molecule has 19 heavy (non-hydrogen) atoms. The van der Waals surface area contributed by atoms with Gasteiger partial charge in [0.2, 0.25) is 0 Å². The lowest BCUT2D eigenvalue weighted by molar-refractivity contribution is 0.418. The molecule has 0 bridgehead atoms. The van der Waals surface area contributed by atoms with Crippen LogP contribution in [0.25, 0.3) is 0 Å². The van der Waals surface area contributed by atoms with Crippen molar-refractivity contribution in [2.24, 2.45) is 4.74 Å². The SMILES string of the molecule is CCCCCC(C)(C)N=P(N(C)C)(N(C)C)N(C)C. The molecule has 0 atom stereocenters. The second-order valence-corrected chi connectivity index (χ2v) is 10.1. The fraction of sp³-hybridized carbons (Fsp3) is 1.00. The van der Waals surface area contributed by atoms with Crippen LogP contribution in [0.4, 0.5) is 0 Å². The second-order valence-electron chi connectivity index (χ2n) is 6.45. The Labute approximate surface area is 121 Å². The van der Waals surface area contributed by atoms with Crippen molar-refractivity contribution in [2.75, 3.05) is 42.3 Å². The Morgan fingerprint density at radius 1 is 0.842 bits per heavy atom. The second kappa shape index (κ2) is 7.78. The normalized spacial score (nSPS) is 13.7. The lowest BCUT2D eigenvalue weighted by atomic mass is 9.98. The maximum absolute atomic E-state index is 5.30. The Morgan fingerprint density at radius 2 is 1.26 bits per heavy atom. The van der Waals surface area contributed by atoms with E-state index in [2.05, 4.69) is 77.1 Å². The zero-order valence-electron chi connectivity index (χ0n) is 14.6. The van der Waals surface area contributed by atoms with Gasteiger partial charge in [-0.15, -0.1) is 0 Å². The van der Waals surface area contributed by atoms with Crippen LogP contribution in [0, 0.1) is 0 Å². The highest BCUT2D eigenvalue weighted by Crippen LogP contribution is 2.56. The molecule has 0 heterocycles. The zero-order valence-corrected chi connectivity index (χ0v) is 15.5. The van der Waals surface area contributed by atoms with Crippen LogP contribution in [0.3, 0.4) is 0 Å². The number of unbranched alkanes of at least 4 members (excludes halogenated alkanes) is 2. The molecule has 0 saturated heterocycles. The number of hydrogen-bond donors (Lipinski definition) is 0. The van der Waals surface area contributed by atoms with Crippen LogP contribution in [0.15, 0.2) is 4.74 Å². The highest BCUT2D eigenvalue weighted by atomic mass is 31.2. The van der Waals surface area contributed by atoms with Crippen molar-refractivity contribution < 1.29 is 0 Å². The van der Waals surface area contributed by atoms with Gasteiger partial charge >= 0.3 is 0 Å². The topological polar surface area (TPSA) is 22.1 Å². The molecule has 0 spiro atoms. The minimum atomic E-state index is -1.76. The zero-order chi connectivity index (χ0) is 15.3. The van der Waals surface area contributed by atoms with Crippen LogP contribution in [-0.2, 0) is 0 Å². The van der Waals surface area contributed by atoms with Crippen molar-refractivity contribution in [3.8, 4) is 0 Å². The maximum atomic E-state index is 5.30. The molecular weight excluding hydrogens is 255 g/mol. The molecule has 0 aliphatic heterocycles. The van der Waals surface area contributed by atoms with Gasteiger partial charge in [-0.05, 0) is 62.6 Å². The predicted octanol–water partition coefficient (Wildman–Crippen LogP) is 3.98. The summed E-state index contributed by atoms with van der Waals surface area (Å²) >= 11 is 0. The minimum absolute atomic E-state index is 0.0295. The van der Waals surface area contributed by atoms with Gasteiger partial charge in [-0.3, -0.25) is 18.8 Å². The largest absolute Gasteiger partial charge is 0.254 e. The van der Waals surface area contributed by atoms with Gasteiger partial charge in [0.05, 0.1) is 5.54 Å². The lowest BCUT2D eigenvalue weighted by Crippen LogP contribution is -2.33. The van der Waals surface area contributed by atoms with Crippen LogP contribution in [-0.4, -0.2) is 61.8 Å². The Bertz CT molecular complexity index is 280. The third-order valence-corrected chi connectivity index (χ3v) is 7.44. The van der Waals surface area contributed by atoms with E-state index in [-0.39, 0.29) is 5.54 Å². The molecule has 0 aliphatic carbocycles. The molecule has 116 valence electrons. The summed E-state index contributed by atoms with van der Waals surface area (Å²) in [4.78, 5) is 0. The molecule has 0 amide bonds. The van der Waals surface area contributed by atoms with E-state index in [4.69, 9.17) is 4.74 Å². The Balaban J connectivity index is 5.40. The molecule has 0 aromatic rings. The maximum Gasteiger partial charge on any atom is 0.166 e. The fourth-order valence-electron chi connectivity index (χ4n) is 2.56. The van der Waals surface area contributed by atoms with Crippen molar-refractivity contribution in [2.45, 2.75) is 52.0 Å². The van der Waals surface area contributed by atoms with Gasteiger partial charge in [0, 0.05) is 0 Å². The summed E-state index contributed by atoms with van der Waals surface area (Å²) in [7, 11) is 11.1. The summed E-state index contributed by atoms with van der Waals surface area (Å²) < 4.78 is 12.2. The average molecular weight is 290 g/mol. The molecule has 0 saturated carbocycles. The van der Waals surface area contributed by atoms with E-state index in [1.54, 1.807) is 0 Å². The van der Waals surface area contributed by atoms with Crippen LogP contribution < -0.4 is 0 Å². The van der Waals surface area contributed by atoms with Gasteiger partial charge in [0.1, 0.15) is 0 Å². The molecule has 0 aliphatic rings. The van der Waals surface area contributed by atoms with Gasteiger partial charge in [-0.1, -0.05) is 26.2 Å². The average Bonchev–Trinajstić information content (AvgIpc) is 2.24. The van der Waals surface area contributed by atoms with Crippen molar-refractivity contribution in [3.05, 3.63) is 0 Å². The van der Waals surface area contributed by atoms with E-state index in [0.717, 1.165) is 6.42 Å². The first-order valence-corrected chi connectivity index (χ1v) is 8.87. The summed E-state index contributed by atoms with van der Waals surface area (Å²) in [6, 6.07) is 0. The fourth-order valence-corrected chi connectivity index (χ4v) is 6.07. The van der Waals surface area contributed by atoms with Crippen LogP contribution in [0.5, 0.6) is 0 Å². The van der Waals surface area contributed by atoms with Crippen molar-refractivity contribution in [3.63, 3.8) is 0 Å². The van der Waals surface area contributed by atoms with Gasteiger partial charge in [-0.25, -0.2) is 0 Å². The quantitative estimate of drug-likeness (QED) is 0.499. The first-order valence-electron chi connectivity index (χ1n) is 7.27. The third kappa shape index (κ3) is 5.18. The molecule has 0 rings (SSSR count). The van der Waals surface area contributed by atoms with Crippen LogP contribution in [0.1, 0.15) is 46.5 Å². The highest BCUT2D eigenvalue weighted by molar-refractivity contribution is 7.59. The molecule has 0 aromatic carbocycles. The first-order chi connectivity index (χ1) is 8.60. The first kappa shape index (κ1) is 19.1. The Morgan fingerprint density at radius 3 is 1.58 bits per heavy atom. The molecule has 0 aromatic heterocycles. The van der Waals surface area contributed by atoms with Gasteiger partial charge < -0.3 is 0 Å². The highest BCUT2D eigenvalue weighted by Gasteiger charge is 2.32. The van der Waals surface area contributed by atoms with E-state index >= 15 is 0 Å². The van der Waals surface area contributed by atoms with Gasteiger partial charge in [0.15, 0.2) is 7.51 Å². The van der Waals surface area contributed by atoms with Crippen molar-refractivity contribution in [1.29, 1.82) is 0 Å². The number of rotatable bonds is 8.